The molecule has 2 aromatic carbocycles. The van der Waals surface area contributed by atoms with Crippen LogP contribution in [0.3, 0.4) is 0 Å². The van der Waals surface area contributed by atoms with Gasteiger partial charge in [-0.1, -0.05) is 15.9 Å². The first-order chi connectivity index (χ1) is 11.8. The van der Waals surface area contributed by atoms with Crippen molar-refractivity contribution in [3.05, 3.63) is 58.1 Å². The molecule has 130 valence electrons. The number of ether oxygens (including phenoxy) is 1. The largest absolute Gasteiger partial charge is 0.507 e. The molecule has 6 nitrogen and oxygen atoms in total. The molecule has 1 amide bonds. The lowest BCUT2D eigenvalue weighted by molar-refractivity contribution is -0.114. The molecule has 0 spiro atoms. The number of ketones is 1. The molecule has 0 fully saturated rings. The van der Waals surface area contributed by atoms with Crippen molar-refractivity contribution >= 4 is 39.3 Å². The smallest absolute Gasteiger partial charge is 0.342 e. The lowest BCUT2D eigenvalue weighted by atomic mass is 10.1. The van der Waals surface area contributed by atoms with Gasteiger partial charge >= 0.3 is 5.97 Å². The van der Waals surface area contributed by atoms with Crippen molar-refractivity contribution in [2.45, 2.75) is 20.0 Å². The van der Waals surface area contributed by atoms with Crippen LogP contribution in [0.25, 0.3) is 0 Å². The van der Waals surface area contributed by atoms with Crippen LogP contribution in [-0.2, 0) is 9.53 Å². The minimum Gasteiger partial charge on any atom is -0.507 e. The Balaban J connectivity index is 2.08. The van der Waals surface area contributed by atoms with E-state index in [9.17, 15) is 19.5 Å². The van der Waals surface area contributed by atoms with Gasteiger partial charge in [0.25, 0.3) is 0 Å². The van der Waals surface area contributed by atoms with Crippen LogP contribution in [-0.4, -0.2) is 28.9 Å². The predicted molar refractivity (Wildman–Crippen MR) is 95.8 cm³/mol. The number of hydrogen-bond acceptors (Lipinski definition) is 5. The highest BCUT2D eigenvalue weighted by atomic mass is 79.9. The molecule has 2 rings (SSSR count). The summed E-state index contributed by atoms with van der Waals surface area (Å²) in [7, 11) is 0. The molecule has 0 unspecified atom stereocenters. The summed E-state index contributed by atoms with van der Waals surface area (Å²) in [6.45, 7) is 2.84. The molecule has 0 heterocycles. The highest BCUT2D eigenvalue weighted by molar-refractivity contribution is 9.10. The third kappa shape index (κ3) is 4.90. The molecule has 7 heteroatoms. The molecule has 0 aliphatic carbocycles. The number of amides is 1. The van der Waals surface area contributed by atoms with Crippen molar-refractivity contribution in [2.75, 3.05) is 5.32 Å². The number of halogens is 1. The number of carbonyl (C=O) groups excluding carboxylic acids is 3. The average Bonchev–Trinajstić information content (AvgIpc) is 2.56. The number of Topliss-reactive ketones (excluding diaryl/α,β-unsaturated/α-hetero) is 1. The molecule has 0 aliphatic rings. The quantitative estimate of drug-likeness (QED) is 0.585. The van der Waals surface area contributed by atoms with Crippen LogP contribution in [0, 0.1) is 0 Å². The Morgan fingerprint density at radius 3 is 2.36 bits per heavy atom. The number of anilines is 1. The third-order valence-electron chi connectivity index (χ3n) is 3.32. The maximum atomic E-state index is 12.4. The third-order valence-corrected chi connectivity index (χ3v) is 3.81. The summed E-state index contributed by atoms with van der Waals surface area (Å²) in [6, 6.07) is 10.6. The van der Waals surface area contributed by atoms with Crippen LogP contribution in [0.5, 0.6) is 5.75 Å². The normalized spacial score (nSPS) is 11.5. The second kappa shape index (κ2) is 7.94. The number of nitrogens with one attached hydrogen (secondary N) is 1. The number of carbonyl (C=O) groups is 3. The zero-order valence-electron chi connectivity index (χ0n) is 13.6. The van der Waals surface area contributed by atoms with Crippen molar-refractivity contribution in [1.29, 1.82) is 0 Å². The van der Waals surface area contributed by atoms with E-state index >= 15 is 0 Å². The minimum atomic E-state index is -1.03. The second-order valence-corrected chi connectivity index (χ2v) is 6.25. The van der Waals surface area contributed by atoms with Crippen molar-refractivity contribution in [2.24, 2.45) is 0 Å². The molecule has 0 bridgehead atoms. The summed E-state index contributed by atoms with van der Waals surface area (Å²) in [6.07, 6.45) is -1.03. The Kier molecular flexibility index (Phi) is 5.93. The first kappa shape index (κ1) is 18.7. The van der Waals surface area contributed by atoms with Crippen LogP contribution in [0.4, 0.5) is 5.69 Å². The van der Waals surface area contributed by atoms with Gasteiger partial charge in [-0.25, -0.2) is 4.79 Å². The topological polar surface area (TPSA) is 92.7 Å². The maximum absolute atomic E-state index is 12.4. The lowest BCUT2D eigenvalue weighted by Gasteiger charge is -2.13. The second-order valence-electron chi connectivity index (χ2n) is 5.33. The van der Waals surface area contributed by atoms with Crippen molar-refractivity contribution in [3.63, 3.8) is 0 Å². The van der Waals surface area contributed by atoms with Crippen LogP contribution in [0.2, 0.25) is 0 Å². The van der Waals surface area contributed by atoms with Gasteiger partial charge in [0.2, 0.25) is 11.7 Å². The maximum Gasteiger partial charge on any atom is 0.342 e. The fraction of sp³-hybridized carbons (Fsp3) is 0.167. The highest BCUT2D eigenvalue weighted by Gasteiger charge is 2.22. The van der Waals surface area contributed by atoms with Crippen LogP contribution in [0.15, 0.2) is 46.9 Å². The summed E-state index contributed by atoms with van der Waals surface area (Å²) in [5.74, 6) is -1.63. The standard InChI is InChI=1S/C18H16BrNO5/c1-10(25-18(24)15-9-13(19)5-8-16(15)22)17(23)12-3-6-14(7-4-12)20-11(2)21/h3-10,22H,1-2H3,(H,20,21)/t10-/m0/s1. The SMILES string of the molecule is CC(=O)Nc1ccc(C(=O)[C@H](C)OC(=O)c2cc(Br)ccc2O)cc1. The molecule has 0 aliphatic heterocycles. The van der Waals surface area contributed by atoms with Crippen LogP contribution < -0.4 is 5.32 Å². The summed E-state index contributed by atoms with van der Waals surface area (Å²) in [4.78, 5) is 35.5. The van der Waals surface area contributed by atoms with Crippen LogP contribution >= 0.6 is 15.9 Å². The Labute approximate surface area is 152 Å². The van der Waals surface area contributed by atoms with Gasteiger partial charge in [0.05, 0.1) is 0 Å². The van der Waals surface area contributed by atoms with Crippen LogP contribution in [0.1, 0.15) is 34.6 Å². The average molecular weight is 406 g/mol. The van der Waals surface area contributed by atoms with E-state index in [-0.39, 0.29) is 17.2 Å². The number of benzene rings is 2. The first-order valence-corrected chi connectivity index (χ1v) is 8.18. The Morgan fingerprint density at radius 1 is 1.12 bits per heavy atom. The molecule has 0 saturated carbocycles. The van der Waals surface area contributed by atoms with Gasteiger partial charge in [0.15, 0.2) is 6.10 Å². The van der Waals surface area contributed by atoms with Gasteiger partial charge in [-0.15, -0.1) is 0 Å². The molecule has 0 radical (unpaired) electrons. The number of esters is 1. The molecule has 0 aromatic heterocycles. The minimum absolute atomic E-state index is 0.0324. The molecular weight excluding hydrogens is 390 g/mol. The Bertz CT molecular complexity index is 817. The van der Waals surface area contributed by atoms with Gasteiger partial charge in [-0.05, 0) is 49.4 Å². The number of phenols is 1. The first-order valence-electron chi connectivity index (χ1n) is 7.39. The molecular formula is C18H16BrNO5. The fourth-order valence-electron chi connectivity index (χ4n) is 2.11. The summed E-state index contributed by atoms with van der Waals surface area (Å²) in [5, 5.41) is 12.3. The van der Waals surface area contributed by atoms with E-state index in [0.717, 1.165) is 0 Å². The molecule has 0 saturated heterocycles. The number of hydrogen-bond donors (Lipinski definition) is 2. The Morgan fingerprint density at radius 2 is 1.76 bits per heavy atom. The highest BCUT2D eigenvalue weighted by Crippen LogP contribution is 2.23. The van der Waals surface area contributed by atoms with E-state index in [0.29, 0.717) is 15.7 Å². The number of aromatic hydroxyl groups is 1. The molecule has 2 N–H and O–H groups in total. The lowest BCUT2D eigenvalue weighted by Crippen LogP contribution is -2.24. The predicted octanol–water partition coefficient (Wildman–Crippen LogP) is 3.54. The molecule has 25 heavy (non-hydrogen) atoms. The van der Waals surface area contributed by atoms with Gasteiger partial charge < -0.3 is 15.2 Å². The van der Waals surface area contributed by atoms with E-state index in [1.54, 1.807) is 18.2 Å². The van der Waals surface area contributed by atoms with Gasteiger partial charge in [0, 0.05) is 22.6 Å². The monoisotopic (exact) mass is 405 g/mol. The van der Waals surface area contributed by atoms with E-state index < -0.39 is 17.9 Å². The van der Waals surface area contributed by atoms with Crippen molar-refractivity contribution in [3.8, 4) is 5.75 Å². The van der Waals surface area contributed by atoms with E-state index in [1.165, 1.54) is 38.1 Å². The van der Waals surface area contributed by atoms with E-state index in [1.807, 2.05) is 0 Å². The number of phenolic OH excluding ortho intramolecular Hbond substituents is 1. The summed E-state index contributed by atoms with van der Waals surface area (Å²) >= 11 is 3.20. The molecule has 1 atom stereocenters. The van der Waals surface area contributed by atoms with Crippen molar-refractivity contribution in [1.82, 2.24) is 0 Å². The van der Waals surface area contributed by atoms with Gasteiger partial charge in [-0.2, -0.15) is 0 Å². The van der Waals surface area contributed by atoms with Gasteiger partial charge in [0.1, 0.15) is 11.3 Å². The summed E-state index contributed by atoms with van der Waals surface area (Å²) in [5.41, 5.74) is 0.871. The zero-order valence-corrected chi connectivity index (χ0v) is 15.2. The zero-order chi connectivity index (χ0) is 18.6. The van der Waals surface area contributed by atoms with Crippen molar-refractivity contribution < 1.29 is 24.2 Å². The number of rotatable bonds is 5. The summed E-state index contributed by atoms with van der Waals surface area (Å²) < 4.78 is 5.75. The fourth-order valence-corrected chi connectivity index (χ4v) is 2.47. The van der Waals surface area contributed by atoms with Gasteiger partial charge in [-0.3, -0.25) is 9.59 Å². The molecule has 2 aromatic rings. The Hall–Kier alpha value is -2.67. The van der Waals surface area contributed by atoms with E-state index in [4.69, 9.17) is 4.74 Å². The van der Waals surface area contributed by atoms with E-state index in [2.05, 4.69) is 21.2 Å².